The van der Waals surface area contributed by atoms with Crippen LogP contribution in [-0.2, 0) is 19.9 Å². The third kappa shape index (κ3) is 1.58. The highest BCUT2D eigenvalue weighted by Crippen LogP contribution is 2.38. The molecule has 0 N–H and O–H groups in total. The normalized spacial score (nSPS) is 13.1. The minimum absolute atomic E-state index is 1.06. The van der Waals surface area contributed by atoms with Crippen LogP contribution in [0.15, 0.2) is 41.8 Å². The molecule has 0 radical (unpaired) electrons. The van der Waals surface area contributed by atoms with Crippen molar-refractivity contribution < 1.29 is 0 Å². The third-order valence-electron chi connectivity index (χ3n) is 3.79. The standard InChI is InChI=1S/C16H14N2S/c1-18-15-12-9-10-19-14(12)8-7-13(15)17-16(18)11-5-3-2-4-6-11/h2-6,9-10H,7-8H2,1H3. The van der Waals surface area contributed by atoms with Crippen LogP contribution in [0.25, 0.3) is 22.6 Å². The molecule has 1 aromatic carbocycles. The molecule has 0 unspecified atom stereocenters. The van der Waals surface area contributed by atoms with Gasteiger partial charge in [0, 0.05) is 23.1 Å². The molecule has 2 heterocycles. The van der Waals surface area contributed by atoms with Gasteiger partial charge in [-0.3, -0.25) is 0 Å². The summed E-state index contributed by atoms with van der Waals surface area (Å²) in [4.78, 5) is 6.36. The molecule has 4 rings (SSSR count). The molecule has 2 aromatic heterocycles. The Kier molecular flexibility index (Phi) is 2.35. The first kappa shape index (κ1) is 11.0. The second-order valence-corrected chi connectivity index (χ2v) is 5.91. The minimum atomic E-state index is 1.06. The monoisotopic (exact) mass is 266 g/mol. The summed E-state index contributed by atoms with van der Waals surface area (Å²) < 4.78 is 2.25. The maximum Gasteiger partial charge on any atom is 0.140 e. The molecule has 0 amide bonds. The molecule has 0 saturated carbocycles. The van der Waals surface area contributed by atoms with Crippen LogP contribution in [-0.4, -0.2) is 9.55 Å². The Labute approximate surface area is 116 Å². The molecular formula is C16H14N2S. The number of hydrogen-bond acceptors (Lipinski definition) is 2. The van der Waals surface area contributed by atoms with Crippen LogP contribution in [0.3, 0.4) is 0 Å². The van der Waals surface area contributed by atoms with Crippen molar-refractivity contribution in [1.82, 2.24) is 9.55 Å². The number of imidazole rings is 1. The van der Waals surface area contributed by atoms with E-state index >= 15 is 0 Å². The van der Waals surface area contributed by atoms with Crippen molar-refractivity contribution in [2.24, 2.45) is 7.05 Å². The zero-order chi connectivity index (χ0) is 12.8. The van der Waals surface area contributed by atoms with E-state index in [9.17, 15) is 0 Å². The van der Waals surface area contributed by atoms with E-state index < -0.39 is 0 Å². The molecule has 1 aliphatic rings. The van der Waals surface area contributed by atoms with Crippen molar-refractivity contribution in [1.29, 1.82) is 0 Å². The number of thiophene rings is 1. The number of nitrogens with zero attached hydrogens (tertiary/aromatic N) is 2. The smallest absolute Gasteiger partial charge is 0.140 e. The van der Waals surface area contributed by atoms with Gasteiger partial charge in [0.25, 0.3) is 0 Å². The van der Waals surface area contributed by atoms with Gasteiger partial charge in [-0.25, -0.2) is 4.98 Å². The summed E-state index contributed by atoms with van der Waals surface area (Å²) in [6.07, 6.45) is 2.19. The fraction of sp³-hybridized carbons (Fsp3) is 0.188. The van der Waals surface area contributed by atoms with Gasteiger partial charge in [0.2, 0.25) is 0 Å². The van der Waals surface area contributed by atoms with E-state index in [1.54, 1.807) is 0 Å². The molecule has 0 atom stereocenters. The van der Waals surface area contributed by atoms with Crippen molar-refractivity contribution in [3.63, 3.8) is 0 Å². The summed E-state index contributed by atoms with van der Waals surface area (Å²) in [6, 6.07) is 12.7. The molecular weight excluding hydrogens is 252 g/mol. The topological polar surface area (TPSA) is 17.8 Å². The Hall–Kier alpha value is -1.87. The molecule has 0 fully saturated rings. The van der Waals surface area contributed by atoms with Crippen molar-refractivity contribution in [3.05, 3.63) is 52.3 Å². The quantitative estimate of drug-likeness (QED) is 0.653. The van der Waals surface area contributed by atoms with E-state index in [2.05, 4.69) is 47.3 Å². The van der Waals surface area contributed by atoms with E-state index in [1.165, 1.54) is 27.4 Å². The first-order chi connectivity index (χ1) is 9.34. The van der Waals surface area contributed by atoms with Gasteiger partial charge in [-0.15, -0.1) is 11.3 Å². The summed E-state index contributed by atoms with van der Waals surface area (Å²) in [5, 5.41) is 2.19. The van der Waals surface area contributed by atoms with Gasteiger partial charge < -0.3 is 4.57 Å². The Balaban J connectivity index is 1.95. The molecule has 0 bridgehead atoms. The summed E-state index contributed by atoms with van der Waals surface area (Å²) in [5.74, 6) is 1.07. The minimum Gasteiger partial charge on any atom is -0.327 e. The zero-order valence-electron chi connectivity index (χ0n) is 10.8. The molecule has 3 aromatic rings. The fourth-order valence-corrected chi connectivity index (χ4v) is 3.77. The average Bonchev–Trinajstić information content (AvgIpc) is 3.04. The summed E-state index contributed by atoms with van der Waals surface area (Å²) in [7, 11) is 2.13. The van der Waals surface area contributed by atoms with Crippen LogP contribution in [0.1, 0.15) is 10.6 Å². The lowest BCUT2D eigenvalue weighted by Gasteiger charge is -2.12. The second kappa shape index (κ2) is 4.07. The number of hydrogen-bond donors (Lipinski definition) is 0. The van der Waals surface area contributed by atoms with E-state index in [-0.39, 0.29) is 0 Å². The van der Waals surface area contributed by atoms with Crippen molar-refractivity contribution in [2.75, 3.05) is 0 Å². The Morgan fingerprint density at radius 1 is 1.11 bits per heavy atom. The van der Waals surface area contributed by atoms with Crippen LogP contribution in [0.4, 0.5) is 0 Å². The number of benzene rings is 1. The maximum atomic E-state index is 4.87. The van der Waals surface area contributed by atoms with E-state index in [4.69, 9.17) is 4.98 Å². The van der Waals surface area contributed by atoms with Crippen LogP contribution in [0, 0.1) is 0 Å². The Morgan fingerprint density at radius 3 is 2.79 bits per heavy atom. The SMILES string of the molecule is Cn1c(-c2ccccc2)nc2c1-c1ccsc1CC2. The molecule has 94 valence electrons. The maximum absolute atomic E-state index is 4.87. The van der Waals surface area contributed by atoms with Gasteiger partial charge in [-0.05, 0) is 24.3 Å². The average molecular weight is 266 g/mol. The van der Waals surface area contributed by atoms with Crippen LogP contribution in [0.5, 0.6) is 0 Å². The lowest BCUT2D eigenvalue weighted by atomic mass is 10.00. The van der Waals surface area contributed by atoms with Crippen LogP contribution < -0.4 is 0 Å². The van der Waals surface area contributed by atoms with Crippen molar-refractivity contribution in [2.45, 2.75) is 12.8 Å². The van der Waals surface area contributed by atoms with Crippen molar-refractivity contribution >= 4 is 11.3 Å². The molecule has 3 heteroatoms. The molecule has 0 saturated heterocycles. The van der Waals surface area contributed by atoms with E-state index in [0.717, 1.165) is 18.7 Å². The zero-order valence-corrected chi connectivity index (χ0v) is 11.6. The van der Waals surface area contributed by atoms with Gasteiger partial charge in [-0.1, -0.05) is 30.3 Å². The van der Waals surface area contributed by atoms with Gasteiger partial charge in [0.05, 0.1) is 11.4 Å². The van der Waals surface area contributed by atoms with Gasteiger partial charge in [0.15, 0.2) is 0 Å². The first-order valence-electron chi connectivity index (χ1n) is 6.52. The summed E-state index contributed by atoms with van der Waals surface area (Å²) in [5.41, 5.74) is 5.12. The number of aryl methyl sites for hydroxylation is 2. The third-order valence-corrected chi connectivity index (χ3v) is 4.77. The molecule has 2 nitrogen and oxygen atoms in total. The number of rotatable bonds is 1. The van der Waals surface area contributed by atoms with E-state index in [0.29, 0.717) is 0 Å². The van der Waals surface area contributed by atoms with Gasteiger partial charge in [0.1, 0.15) is 5.82 Å². The largest absolute Gasteiger partial charge is 0.327 e. The summed E-state index contributed by atoms with van der Waals surface area (Å²) >= 11 is 1.86. The highest BCUT2D eigenvalue weighted by Gasteiger charge is 2.23. The van der Waals surface area contributed by atoms with E-state index in [1.807, 2.05) is 17.4 Å². The predicted molar refractivity (Wildman–Crippen MR) is 79.4 cm³/mol. The molecule has 0 spiro atoms. The Bertz CT molecular complexity index is 737. The highest BCUT2D eigenvalue weighted by molar-refractivity contribution is 7.10. The lowest BCUT2D eigenvalue weighted by molar-refractivity contribution is 0.900. The molecule has 19 heavy (non-hydrogen) atoms. The fourth-order valence-electron chi connectivity index (χ4n) is 2.89. The van der Waals surface area contributed by atoms with Crippen LogP contribution in [0.2, 0.25) is 0 Å². The highest BCUT2D eigenvalue weighted by atomic mass is 32.1. The predicted octanol–water partition coefficient (Wildman–Crippen LogP) is 3.91. The second-order valence-electron chi connectivity index (χ2n) is 4.91. The number of fused-ring (bicyclic) bond motifs is 3. The lowest BCUT2D eigenvalue weighted by Crippen LogP contribution is -2.03. The first-order valence-corrected chi connectivity index (χ1v) is 7.40. The summed E-state index contributed by atoms with van der Waals surface area (Å²) in [6.45, 7) is 0. The van der Waals surface area contributed by atoms with Crippen LogP contribution >= 0.6 is 11.3 Å². The molecule has 0 aliphatic heterocycles. The Morgan fingerprint density at radius 2 is 1.95 bits per heavy atom. The van der Waals surface area contributed by atoms with Crippen molar-refractivity contribution in [3.8, 4) is 22.6 Å². The number of aromatic nitrogens is 2. The molecule has 1 aliphatic carbocycles. The van der Waals surface area contributed by atoms with Gasteiger partial charge in [-0.2, -0.15) is 0 Å². The van der Waals surface area contributed by atoms with Gasteiger partial charge >= 0.3 is 0 Å².